The molecule has 2 aromatic rings. The van der Waals surface area contributed by atoms with Crippen molar-refractivity contribution < 1.29 is 18.0 Å². The van der Waals surface area contributed by atoms with Gasteiger partial charge in [0.25, 0.3) is 0 Å². The van der Waals surface area contributed by atoms with Crippen LogP contribution < -0.4 is 4.90 Å². The maximum Gasteiger partial charge on any atom is 0.141 e. The van der Waals surface area contributed by atoms with E-state index in [1.54, 1.807) is 12.1 Å². The summed E-state index contributed by atoms with van der Waals surface area (Å²) in [6.07, 6.45) is 1.34. The summed E-state index contributed by atoms with van der Waals surface area (Å²) >= 11 is 0. The number of ketones is 1. The molecule has 2 aliphatic heterocycles. The first-order chi connectivity index (χ1) is 16.0. The second kappa shape index (κ2) is 9.37. The van der Waals surface area contributed by atoms with Gasteiger partial charge in [0.15, 0.2) is 0 Å². The number of piperidine rings is 1. The van der Waals surface area contributed by atoms with E-state index in [-0.39, 0.29) is 47.0 Å². The van der Waals surface area contributed by atoms with Crippen molar-refractivity contribution in [1.82, 2.24) is 4.90 Å². The van der Waals surface area contributed by atoms with Crippen LogP contribution in [0.1, 0.15) is 58.9 Å². The van der Waals surface area contributed by atoms with Crippen LogP contribution in [-0.4, -0.2) is 41.4 Å². The molecule has 0 spiro atoms. The van der Waals surface area contributed by atoms with E-state index in [9.17, 15) is 18.0 Å². The first kappa shape index (κ1) is 24.8. The van der Waals surface area contributed by atoms with Crippen LogP contribution in [0.2, 0.25) is 0 Å². The van der Waals surface area contributed by atoms with Crippen LogP contribution >= 0.6 is 0 Å². The number of carbonyl (C=O) groups excluding carboxylic acids is 1. The molecule has 4 rings (SSSR count). The Hall–Kier alpha value is -2.34. The number of benzene rings is 2. The van der Waals surface area contributed by atoms with Gasteiger partial charge in [0.1, 0.15) is 23.2 Å². The zero-order chi connectivity index (χ0) is 24.8. The van der Waals surface area contributed by atoms with Crippen molar-refractivity contribution in [2.24, 2.45) is 11.8 Å². The average Bonchev–Trinajstić information content (AvgIpc) is 3.18. The number of anilines is 1. The molecule has 0 N–H and O–H groups in total. The van der Waals surface area contributed by atoms with E-state index in [0.717, 1.165) is 11.8 Å². The van der Waals surface area contributed by atoms with Crippen LogP contribution in [0.25, 0.3) is 0 Å². The fourth-order valence-electron chi connectivity index (χ4n) is 6.02. The van der Waals surface area contributed by atoms with Gasteiger partial charge in [-0.25, -0.2) is 13.2 Å². The monoisotopic (exact) mass is 472 g/mol. The van der Waals surface area contributed by atoms with E-state index < -0.39 is 11.6 Å². The Morgan fingerprint density at radius 3 is 2.15 bits per heavy atom. The Bertz CT molecular complexity index is 1040. The molecule has 2 aliphatic rings. The van der Waals surface area contributed by atoms with E-state index >= 15 is 0 Å². The van der Waals surface area contributed by atoms with Gasteiger partial charge in [0.2, 0.25) is 0 Å². The lowest BCUT2D eigenvalue weighted by atomic mass is 9.75. The lowest BCUT2D eigenvalue weighted by Gasteiger charge is -2.44. The van der Waals surface area contributed by atoms with Crippen molar-refractivity contribution in [1.29, 1.82) is 0 Å². The quantitative estimate of drug-likeness (QED) is 0.531. The van der Waals surface area contributed by atoms with E-state index in [1.165, 1.54) is 18.2 Å². The molecular formula is C28H35F3N2O. The van der Waals surface area contributed by atoms with Crippen LogP contribution in [0.4, 0.5) is 18.9 Å². The van der Waals surface area contributed by atoms with Gasteiger partial charge in [0, 0.05) is 60.2 Å². The highest BCUT2D eigenvalue weighted by Crippen LogP contribution is 2.42. The highest BCUT2D eigenvalue weighted by atomic mass is 19.1. The molecule has 0 saturated carbocycles. The summed E-state index contributed by atoms with van der Waals surface area (Å²) in [5, 5.41) is 0. The van der Waals surface area contributed by atoms with Crippen molar-refractivity contribution in [2.75, 3.05) is 18.0 Å². The molecule has 0 aliphatic carbocycles. The van der Waals surface area contributed by atoms with Gasteiger partial charge in [-0.15, -0.1) is 0 Å². The van der Waals surface area contributed by atoms with Gasteiger partial charge >= 0.3 is 0 Å². The normalized spacial score (nSPS) is 28.4. The van der Waals surface area contributed by atoms with E-state index in [4.69, 9.17) is 0 Å². The van der Waals surface area contributed by atoms with Crippen LogP contribution in [-0.2, 0) is 4.79 Å². The molecule has 3 nitrogen and oxygen atoms in total. The van der Waals surface area contributed by atoms with Gasteiger partial charge in [-0.2, -0.15) is 0 Å². The first-order valence-corrected chi connectivity index (χ1v) is 12.2. The van der Waals surface area contributed by atoms with Crippen LogP contribution in [0.15, 0.2) is 42.5 Å². The Morgan fingerprint density at radius 2 is 1.56 bits per heavy atom. The molecule has 0 amide bonds. The first-order valence-electron chi connectivity index (χ1n) is 12.2. The molecule has 2 fully saturated rings. The molecule has 34 heavy (non-hydrogen) atoms. The number of nitrogens with zero attached hydrogens (tertiary/aromatic N) is 2. The third-order valence-corrected chi connectivity index (χ3v) is 7.71. The summed E-state index contributed by atoms with van der Waals surface area (Å²) in [6.45, 7) is 11.6. The van der Waals surface area contributed by atoms with Crippen molar-refractivity contribution in [2.45, 2.75) is 71.0 Å². The maximum absolute atomic E-state index is 14.8. The van der Waals surface area contributed by atoms with Crippen molar-refractivity contribution in [3.63, 3.8) is 0 Å². The van der Waals surface area contributed by atoms with Crippen molar-refractivity contribution >= 4 is 11.5 Å². The van der Waals surface area contributed by atoms with Gasteiger partial charge < -0.3 is 4.90 Å². The minimum Gasteiger partial charge on any atom is -0.366 e. The minimum absolute atomic E-state index is 0.0700. The Kier molecular flexibility index (Phi) is 6.83. The van der Waals surface area contributed by atoms with E-state index in [2.05, 4.69) is 44.4 Å². The predicted molar refractivity (Wildman–Crippen MR) is 129 cm³/mol. The number of hydrogen-bond donors (Lipinski definition) is 0. The summed E-state index contributed by atoms with van der Waals surface area (Å²) < 4.78 is 42.2. The van der Waals surface area contributed by atoms with Gasteiger partial charge in [-0.1, -0.05) is 12.1 Å². The fraction of sp³-hybridized carbons (Fsp3) is 0.536. The van der Waals surface area contributed by atoms with Crippen LogP contribution in [0.3, 0.4) is 0 Å². The molecule has 1 unspecified atom stereocenters. The smallest absolute Gasteiger partial charge is 0.141 e. The standard InChI is InChI=1S/C28H35F3N2O/c1-17-11-19(12-18(2)33(17)22-8-6-7-20(29)13-22)27(34)25-16-32(28(3,4)5)15-24(25)23-10-9-21(30)14-26(23)31/h6-10,13-14,17-19,24-25H,11-12,15-16H2,1-5H3/t17-,18+,19?,24-,25+/m0/s1. The summed E-state index contributed by atoms with van der Waals surface area (Å²) in [5.41, 5.74) is 1.09. The third kappa shape index (κ3) is 4.88. The molecule has 0 bridgehead atoms. The molecule has 0 radical (unpaired) electrons. The maximum atomic E-state index is 14.8. The van der Waals surface area contributed by atoms with Crippen molar-refractivity contribution in [3.05, 3.63) is 65.5 Å². The summed E-state index contributed by atoms with van der Waals surface area (Å²) in [4.78, 5) is 18.3. The van der Waals surface area contributed by atoms with Gasteiger partial charge in [0.05, 0.1) is 0 Å². The summed E-state index contributed by atoms with van der Waals surface area (Å²) in [7, 11) is 0. The number of halogens is 3. The second-order valence-electron chi connectivity index (χ2n) is 11.1. The second-order valence-corrected chi connectivity index (χ2v) is 11.1. The lowest BCUT2D eigenvalue weighted by Crippen LogP contribution is -2.49. The van der Waals surface area contributed by atoms with Gasteiger partial charge in [-0.05, 0) is 77.3 Å². The number of likely N-dealkylation sites (tertiary alicyclic amines) is 1. The largest absolute Gasteiger partial charge is 0.366 e. The highest BCUT2D eigenvalue weighted by Gasteiger charge is 2.46. The number of Topliss-reactive ketones (excluding diaryl/α,β-unsaturated/α-hetero) is 1. The molecular weight excluding hydrogens is 437 g/mol. The predicted octanol–water partition coefficient (Wildman–Crippen LogP) is 6.18. The molecule has 2 aromatic carbocycles. The Balaban J connectivity index is 1.58. The highest BCUT2D eigenvalue weighted by molar-refractivity contribution is 5.85. The molecule has 0 aromatic heterocycles. The number of rotatable bonds is 4. The lowest BCUT2D eigenvalue weighted by molar-refractivity contribution is -0.128. The minimum atomic E-state index is -0.609. The van der Waals surface area contributed by atoms with Gasteiger partial charge in [-0.3, -0.25) is 9.69 Å². The average molecular weight is 473 g/mol. The third-order valence-electron chi connectivity index (χ3n) is 7.71. The summed E-state index contributed by atoms with van der Waals surface area (Å²) in [6, 6.07) is 10.4. The fourth-order valence-corrected chi connectivity index (χ4v) is 6.02. The molecule has 5 atom stereocenters. The topological polar surface area (TPSA) is 23.6 Å². The van der Waals surface area contributed by atoms with E-state index in [1.807, 2.05) is 6.07 Å². The van der Waals surface area contributed by atoms with Crippen LogP contribution in [0, 0.1) is 29.3 Å². The molecule has 6 heteroatoms. The SMILES string of the molecule is C[C@@H]1CC(C(=O)[C@@H]2CN(C(C)(C)C)C[C@H]2c2ccc(F)cc2F)C[C@H](C)N1c1cccc(F)c1. The zero-order valence-electron chi connectivity index (χ0n) is 20.7. The Morgan fingerprint density at radius 1 is 0.912 bits per heavy atom. The molecule has 184 valence electrons. The van der Waals surface area contributed by atoms with Crippen LogP contribution in [0.5, 0.6) is 0 Å². The molecule has 2 saturated heterocycles. The molecule has 2 heterocycles. The number of carbonyl (C=O) groups is 1. The zero-order valence-corrected chi connectivity index (χ0v) is 20.7. The van der Waals surface area contributed by atoms with E-state index in [0.29, 0.717) is 31.5 Å². The summed E-state index contributed by atoms with van der Waals surface area (Å²) in [5.74, 6) is -2.09. The Labute approximate surface area is 200 Å². The van der Waals surface area contributed by atoms with Crippen molar-refractivity contribution in [3.8, 4) is 0 Å². The number of hydrogen-bond acceptors (Lipinski definition) is 3.